The molecule has 0 amide bonds. The number of aromatic hydroxyl groups is 1. The van der Waals surface area contributed by atoms with Crippen LogP contribution in [-0.2, 0) is 13.1 Å². The molecule has 0 spiro atoms. The van der Waals surface area contributed by atoms with Crippen LogP contribution in [0.4, 0.5) is 0 Å². The van der Waals surface area contributed by atoms with Gasteiger partial charge in [0.1, 0.15) is 5.75 Å². The molecule has 0 aromatic heterocycles. The first-order valence-electron chi connectivity index (χ1n) is 11.7. The fourth-order valence-electron chi connectivity index (χ4n) is 4.50. The first kappa shape index (κ1) is 25.0. The van der Waals surface area contributed by atoms with Gasteiger partial charge in [-0.2, -0.15) is 0 Å². The Hall–Kier alpha value is -1.59. The Morgan fingerprint density at radius 2 is 1.78 bits per heavy atom. The van der Waals surface area contributed by atoms with Gasteiger partial charge >= 0.3 is 0 Å². The number of hydrogen-bond acceptors (Lipinski definition) is 4. The van der Waals surface area contributed by atoms with Crippen molar-refractivity contribution in [2.75, 3.05) is 39.8 Å². The minimum Gasteiger partial charge on any atom is -0.507 e. The van der Waals surface area contributed by atoms with E-state index < -0.39 is 0 Å². The number of halogens is 1. The molecule has 1 saturated heterocycles. The van der Waals surface area contributed by atoms with Crippen LogP contribution in [0.2, 0.25) is 0 Å². The van der Waals surface area contributed by atoms with Gasteiger partial charge in [0.2, 0.25) is 0 Å². The molecule has 0 saturated carbocycles. The van der Waals surface area contributed by atoms with Crippen molar-refractivity contribution in [2.24, 2.45) is 0 Å². The second kappa shape index (κ2) is 12.6. The maximum Gasteiger partial charge on any atom is 0.133 e. The van der Waals surface area contributed by atoms with Crippen LogP contribution in [0.3, 0.4) is 0 Å². The molecular weight excluding hydrogens is 509 g/mol. The summed E-state index contributed by atoms with van der Waals surface area (Å²) in [5.74, 6) is 7.02. The van der Waals surface area contributed by atoms with Crippen LogP contribution in [0.25, 0.3) is 0 Å². The molecule has 0 bridgehead atoms. The van der Waals surface area contributed by atoms with Gasteiger partial charge in [-0.3, -0.25) is 9.80 Å². The van der Waals surface area contributed by atoms with Crippen LogP contribution in [0.1, 0.15) is 43.4 Å². The van der Waals surface area contributed by atoms with Crippen LogP contribution in [0.15, 0.2) is 42.5 Å². The second-order valence-corrected chi connectivity index (χ2v) is 9.82. The number of benzene rings is 2. The Labute approximate surface area is 207 Å². The van der Waals surface area contributed by atoms with Gasteiger partial charge in [0.15, 0.2) is 0 Å². The van der Waals surface area contributed by atoms with Gasteiger partial charge in [-0.25, -0.2) is 0 Å². The number of nitrogens with zero attached hydrogens (tertiary/aromatic N) is 3. The number of piperidine rings is 1. The van der Waals surface area contributed by atoms with Crippen molar-refractivity contribution in [3.63, 3.8) is 0 Å². The third kappa shape index (κ3) is 7.21. The summed E-state index contributed by atoms with van der Waals surface area (Å²) >= 11 is 2.22. The fourth-order valence-corrected chi connectivity index (χ4v) is 5.18. The van der Waals surface area contributed by atoms with Crippen molar-refractivity contribution >= 4 is 22.6 Å². The molecule has 32 heavy (non-hydrogen) atoms. The molecule has 1 heterocycles. The van der Waals surface area contributed by atoms with Crippen LogP contribution in [-0.4, -0.2) is 65.6 Å². The molecule has 1 fully saturated rings. The molecule has 3 rings (SSSR count). The topological polar surface area (TPSA) is 30.0 Å². The highest BCUT2D eigenvalue weighted by molar-refractivity contribution is 14.1. The summed E-state index contributed by atoms with van der Waals surface area (Å²) in [6, 6.07) is 15.2. The fraction of sp³-hybridized carbons (Fsp3) is 0.481. The number of hydrogen-bond donors (Lipinski definition) is 1. The first-order chi connectivity index (χ1) is 15.5. The molecule has 172 valence electrons. The largest absolute Gasteiger partial charge is 0.507 e. The summed E-state index contributed by atoms with van der Waals surface area (Å²) in [5.41, 5.74) is 3.26. The third-order valence-corrected chi connectivity index (χ3v) is 7.12. The molecule has 0 aliphatic carbocycles. The van der Waals surface area contributed by atoms with Gasteiger partial charge < -0.3 is 10.0 Å². The van der Waals surface area contributed by atoms with Crippen LogP contribution < -0.4 is 0 Å². The van der Waals surface area contributed by atoms with Crippen molar-refractivity contribution in [3.05, 3.63) is 62.7 Å². The highest BCUT2D eigenvalue weighted by Crippen LogP contribution is 2.28. The van der Waals surface area contributed by atoms with Crippen LogP contribution in [0, 0.1) is 15.4 Å². The summed E-state index contributed by atoms with van der Waals surface area (Å²) in [5, 5.41) is 10.6. The molecule has 0 atom stereocenters. The summed E-state index contributed by atoms with van der Waals surface area (Å²) in [4.78, 5) is 7.26. The Kier molecular flexibility index (Phi) is 9.86. The summed E-state index contributed by atoms with van der Waals surface area (Å²) in [6.45, 7) is 11.3. The lowest BCUT2D eigenvalue weighted by atomic mass is 10.0. The standard InChI is InChI=1S/C27H36IN3O/c1-4-31(5-2)25-13-16-30(17-14-25)21-24-18-23(19-26(28)27(24)32)12-9-15-29(3)20-22-10-7-6-8-11-22/h6-8,10-11,18-19,25,32H,4-5,13-17,20-21H2,1-3H3. The number of rotatable bonds is 8. The number of phenolic OH excluding ortho intramolecular Hbond substituents is 1. The van der Waals surface area contributed by atoms with E-state index in [1.165, 1.54) is 18.4 Å². The van der Waals surface area contributed by atoms with E-state index in [1.54, 1.807) is 0 Å². The highest BCUT2D eigenvalue weighted by Gasteiger charge is 2.23. The zero-order chi connectivity index (χ0) is 22.9. The van der Waals surface area contributed by atoms with Crippen LogP contribution >= 0.6 is 22.6 Å². The SMILES string of the molecule is CCN(CC)C1CCN(Cc2cc(C#CCN(C)Cc3ccccc3)cc(I)c2O)CC1. The molecule has 1 aliphatic heterocycles. The molecule has 4 nitrogen and oxygen atoms in total. The zero-order valence-electron chi connectivity index (χ0n) is 19.6. The van der Waals surface area contributed by atoms with Gasteiger partial charge in [-0.15, -0.1) is 0 Å². The second-order valence-electron chi connectivity index (χ2n) is 8.65. The Balaban J connectivity index is 1.59. The van der Waals surface area contributed by atoms with Crippen molar-refractivity contribution < 1.29 is 5.11 Å². The molecule has 2 aromatic carbocycles. The van der Waals surface area contributed by atoms with Gasteiger partial charge in [-0.05, 0) is 86.4 Å². The lowest BCUT2D eigenvalue weighted by Gasteiger charge is -2.37. The van der Waals surface area contributed by atoms with E-state index in [1.807, 2.05) is 12.1 Å². The maximum absolute atomic E-state index is 10.6. The summed E-state index contributed by atoms with van der Waals surface area (Å²) in [6.07, 6.45) is 2.40. The molecule has 0 unspecified atom stereocenters. The number of likely N-dealkylation sites (tertiary alicyclic amines) is 1. The smallest absolute Gasteiger partial charge is 0.133 e. The zero-order valence-corrected chi connectivity index (χ0v) is 21.8. The van der Waals surface area contributed by atoms with Crippen molar-refractivity contribution in [3.8, 4) is 17.6 Å². The van der Waals surface area contributed by atoms with E-state index in [0.29, 0.717) is 18.3 Å². The Morgan fingerprint density at radius 1 is 1.09 bits per heavy atom. The van der Waals surface area contributed by atoms with Gasteiger partial charge in [0, 0.05) is 30.3 Å². The maximum atomic E-state index is 10.6. The molecule has 5 heteroatoms. The average Bonchev–Trinajstić information content (AvgIpc) is 2.79. The molecule has 0 radical (unpaired) electrons. The Bertz CT molecular complexity index is 910. The minimum atomic E-state index is 0.406. The van der Waals surface area contributed by atoms with Gasteiger partial charge in [0.05, 0.1) is 10.1 Å². The third-order valence-electron chi connectivity index (χ3n) is 6.30. The minimum absolute atomic E-state index is 0.406. The predicted octanol–water partition coefficient (Wildman–Crippen LogP) is 4.79. The lowest BCUT2D eigenvalue weighted by molar-refractivity contribution is 0.112. The highest BCUT2D eigenvalue weighted by atomic mass is 127. The van der Waals surface area contributed by atoms with Crippen molar-refractivity contribution in [1.82, 2.24) is 14.7 Å². The van der Waals surface area contributed by atoms with E-state index in [4.69, 9.17) is 0 Å². The summed E-state index contributed by atoms with van der Waals surface area (Å²) < 4.78 is 0.875. The molecular formula is C27H36IN3O. The van der Waals surface area contributed by atoms with E-state index in [0.717, 1.165) is 54.0 Å². The predicted molar refractivity (Wildman–Crippen MR) is 142 cm³/mol. The average molecular weight is 546 g/mol. The van der Waals surface area contributed by atoms with Gasteiger partial charge in [-0.1, -0.05) is 56.0 Å². The van der Waals surface area contributed by atoms with E-state index in [9.17, 15) is 5.11 Å². The van der Waals surface area contributed by atoms with Gasteiger partial charge in [0.25, 0.3) is 0 Å². The Morgan fingerprint density at radius 3 is 2.44 bits per heavy atom. The van der Waals surface area contributed by atoms with E-state index in [-0.39, 0.29) is 0 Å². The molecule has 1 aliphatic rings. The summed E-state index contributed by atoms with van der Waals surface area (Å²) in [7, 11) is 2.09. The first-order valence-corrected chi connectivity index (χ1v) is 12.8. The monoisotopic (exact) mass is 545 g/mol. The molecule has 1 N–H and O–H groups in total. The van der Waals surface area contributed by atoms with Crippen molar-refractivity contribution in [2.45, 2.75) is 45.8 Å². The number of phenols is 1. The quantitative estimate of drug-likeness (QED) is 0.382. The lowest BCUT2D eigenvalue weighted by Crippen LogP contribution is -2.44. The van der Waals surface area contributed by atoms with Crippen LogP contribution in [0.5, 0.6) is 5.75 Å². The van der Waals surface area contributed by atoms with E-state index in [2.05, 4.69) is 100 Å². The normalized spacial score (nSPS) is 15.2. The van der Waals surface area contributed by atoms with E-state index >= 15 is 0 Å². The van der Waals surface area contributed by atoms with Crippen molar-refractivity contribution in [1.29, 1.82) is 0 Å². The molecule has 2 aromatic rings.